The van der Waals surface area contributed by atoms with Crippen molar-refractivity contribution in [2.24, 2.45) is 0 Å². The number of rotatable bonds is 4. The van der Waals surface area contributed by atoms with Crippen LogP contribution in [0.5, 0.6) is 0 Å². The van der Waals surface area contributed by atoms with Crippen molar-refractivity contribution in [2.75, 3.05) is 0 Å². The first-order valence-electron chi connectivity index (χ1n) is 5.65. The second-order valence-corrected chi connectivity index (χ2v) is 3.90. The van der Waals surface area contributed by atoms with Gasteiger partial charge in [0.25, 0.3) is 0 Å². The maximum absolute atomic E-state index is 10.5. The molecule has 1 radical (unpaired) electrons. The van der Waals surface area contributed by atoms with E-state index in [1.807, 2.05) is 54.6 Å². The summed E-state index contributed by atoms with van der Waals surface area (Å²) in [5, 5.41) is 8.58. The number of hydrogen-bond acceptors (Lipinski definition) is 1. The van der Waals surface area contributed by atoms with Crippen LogP contribution in [-0.4, -0.2) is 11.1 Å². The molecule has 2 nitrogen and oxygen atoms in total. The lowest BCUT2D eigenvalue weighted by molar-refractivity contribution is -0.131. The molecule has 0 fully saturated rings. The van der Waals surface area contributed by atoms with Crippen molar-refractivity contribution in [3.63, 3.8) is 0 Å². The van der Waals surface area contributed by atoms with E-state index >= 15 is 0 Å². The van der Waals surface area contributed by atoms with Gasteiger partial charge in [0.1, 0.15) is 0 Å². The molecule has 2 heteroatoms. The van der Waals surface area contributed by atoms with Gasteiger partial charge in [0.15, 0.2) is 0 Å². The zero-order chi connectivity index (χ0) is 12.8. The lowest BCUT2D eigenvalue weighted by Gasteiger charge is -2.02. The van der Waals surface area contributed by atoms with E-state index in [0.717, 1.165) is 22.8 Å². The molecule has 18 heavy (non-hydrogen) atoms. The maximum atomic E-state index is 10.5. The van der Waals surface area contributed by atoms with Crippen LogP contribution in [0.2, 0.25) is 0 Å². The molecule has 89 valence electrons. The van der Waals surface area contributed by atoms with Crippen molar-refractivity contribution >= 4 is 12.0 Å². The maximum Gasteiger partial charge on any atom is 0.328 e. The zero-order valence-corrected chi connectivity index (χ0v) is 9.78. The quantitative estimate of drug-likeness (QED) is 0.828. The minimum atomic E-state index is -0.938. The van der Waals surface area contributed by atoms with Gasteiger partial charge in [0.2, 0.25) is 0 Å². The second-order valence-electron chi connectivity index (χ2n) is 3.90. The van der Waals surface area contributed by atoms with Crippen LogP contribution in [0.1, 0.15) is 16.7 Å². The minimum Gasteiger partial charge on any atom is -0.478 e. The fraction of sp³-hybridized carbons (Fsp3) is 0. The fourth-order valence-corrected chi connectivity index (χ4v) is 1.66. The van der Waals surface area contributed by atoms with Gasteiger partial charge in [-0.25, -0.2) is 4.79 Å². The molecule has 2 aromatic rings. The lowest BCUT2D eigenvalue weighted by atomic mass is 10.0. The molecule has 0 saturated carbocycles. The standard InChI is InChI=1S/C16H13O2/c17-16(18)10-9-14-7-4-8-15(12-14)11-13-5-2-1-3-6-13/h1-12H,(H,17,18)/b10-9+. The third kappa shape index (κ3) is 3.59. The molecule has 0 aliphatic heterocycles. The molecular formula is C16H13O2. The van der Waals surface area contributed by atoms with Crippen LogP contribution >= 0.6 is 0 Å². The summed E-state index contributed by atoms with van der Waals surface area (Å²) in [6, 6.07) is 17.7. The third-order valence-electron chi connectivity index (χ3n) is 2.46. The predicted octanol–water partition coefficient (Wildman–Crippen LogP) is 3.39. The van der Waals surface area contributed by atoms with Crippen molar-refractivity contribution in [3.8, 4) is 0 Å². The summed E-state index contributed by atoms with van der Waals surface area (Å²) >= 11 is 0. The molecule has 0 heterocycles. The van der Waals surface area contributed by atoms with Crippen molar-refractivity contribution in [1.82, 2.24) is 0 Å². The predicted molar refractivity (Wildman–Crippen MR) is 72.1 cm³/mol. The molecule has 2 aromatic carbocycles. The topological polar surface area (TPSA) is 37.3 Å². The molecule has 0 aliphatic rings. The highest BCUT2D eigenvalue weighted by atomic mass is 16.4. The second kappa shape index (κ2) is 5.82. The highest BCUT2D eigenvalue weighted by Gasteiger charge is 1.97. The molecular weight excluding hydrogens is 224 g/mol. The van der Waals surface area contributed by atoms with Gasteiger partial charge in [-0.3, -0.25) is 0 Å². The Morgan fingerprint density at radius 2 is 1.56 bits per heavy atom. The monoisotopic (exact) mass is 237 g/mol. The molecule has 0 unspecified atom stereocenters. The number of aliphatic carboxylic acids is 1. The van der Waals surface area contributed by atoms with E-state index in [0.29, 0.717) is 0 Å². The molecule has 0 spiro atoms. The van der Waals surface area contributed by atoms with Crippen LogP contribution in [0.25, 0.3) is 6.08 Å². The Morgan fingerprint density at radius 1 is 0.889 bits per heavy atom. The smallest absolute Gasteiger partial charge is 0.328 e. The molecule has 0 bridgehead atoms. The van der Waals surface area contributed by atoms with Crippen molar-refractivity contribution < 1.29 is 9.90 Å². The number of carbonyl (C=O) groups is 1. The van der Waals surface area contributed by atoms with E-state index in [4.69, 9.17) is 5.11 Å². The lowest BCUT2D eigenvalue weighted by Crippen LogP contribution is -1.87. The van der Waals surface area contributed by atoms with Crippen LogP contribution in [-0.2, 0) is 4.79 Å². The zero-order valence-electron chi connectivity index (χ0n) is 9.78. The number of benzene rings is 2. The van der Waals surface area contributed by atoms with E-state index in [1.54, 1.807) is 6.08 Å². The third-order valence-corrected chi connectivity index (χ3v) is 2.46. The highest BCUT2D eigenvalue weighted by Crippen LogP contribution is 2.14. The van der Waals surface area contributed by atoms with E-state index in [2.05, 4.69) is 6.42 Å². The minimum absolute atomic E-state index is 0.877. The van der Waals surface area contributed by atoms with Gasteiger partial charge < -0.3 is 5.11 Å². The molecule has 0 atom stereocenters. The van der Waals surface area contributed by atoms with E-state index in [-0.39, 0.29) is 0 Å². The fourth-order valence-electron chi connectivity index (χ4n) is 1.66. The van der Waals surface area contributed by atoms with Crippen LogP contribution in [0.4, 0.5) is 0 Å². The van der Waals surface area contributed by atoms with Crippen molar-refractivity contribution in [1.29, 1.82) is 0 Å². The molecule has 0 aliphatic carbocycles. The molecule has 1 N–H and O–H groups in total. The summed E-state index contributed by atoms with van der Waals surface area (Å²) < 4.78 is 0. The Hall–Kier alpha value is -2.35. The molecule has 2 rings (SSSR count). The van der Waals surface area contributed by atoms with Crippen LogP contribution < -0.4 is 0 Å². The van der Waals surface area contributed by atoms with E-state index in [1.165, 1.54) is 0 Å². The summed E-state index contributed by atoms with van der Waals surface area (Å²) in [6.45, 7) is 0. The number of carboxylic acid groups (broad SMARTS) is 1. The first-order chi connectivity index (χ1) is 8.74. The van der Waals surface area contributed by atoms with Crippen LogP contribution in [0.3, 0.4) is 0 Å². The van der Waals surface area contributed by atoms with E-state index < -0.39 is 5.97 Å². The highest BCUT2D eigenvalue weighted by molar-refractivity contribution is 5.85. The van der Waals surface area contributed by atoms with Gasteiger partial charge in [-0.05, 0) is 22.8 Å². The molecule has 0 amide bonds. The van der Waals surface area contributed by atoms with Gasteiger partial charge in [-0.2, -0.15) is 0 Å². The SMILES string of the molecule is O=C(O)/C=C/c1cccc([CH]c2ccccc2)c1. The van der Waals surface area contributed by atoms with Gasteiger partial charge >= 0.3 is 5.97 Å². The Bertz CT molecular complexity index is 556. The number of hydrogen-bond donors (Lipinski definition) is 1. The number of carboxylic acids is 1. The molecule has 0 saturated heterocycles. The van der Waals surface area contributed by atoms with Gasteiger partial charge in [-0.1, -0.05) is 54.6 Å². The Morgan fingerprint density at radius 3 is 2.28 bits per heavy atom. The van der Waals surface area contributed by atoms with Gasteiger partial charge in [0.05, 0.1) is 0 Å². The van der Waals surface area contributed by atoms with Crippen LogP contribution in [0, 0.1) is 6.42 Å². The summed E-state index contributed by atoms with van der Waals surface area (Å²) in [5.74, 6) is -0.938. The average molecular weight is 237 g/mol. The Labute approximate surface area is 106 Å². The average Bonchev–Trinajstić information content (AvgIpc) is 2.38. The van der Waals surface area contributed by atoms with Gasteiger partial charge in [0, 0.05) is 12.5 Å². The summed E-state index contributed by atoms with van der Waals surface area (Å²) in [7, 11) is 0. The summed E-state index contributed by atoms with van der Waals surface area (Å²) in [6.07, 6.45) is 4.78. The van der Waals surface area contributed by atoms with Crippen molar-refractivity contribution in [3.05, 3.63) is 83.8 Å². The first-order valence-corrected chi connectivity index (χ1v) is 5.65. The normalized spacial score (nSPS) is 10.7. The van der Waals surface area contributed by atoms with Gasteiger partial charge in [-0.15, -0.1) is 0 Å². The van der Waals surface area contributed by atoms with Crippen molar-refractivity contribution in [2.45, 2.75) is 0 Å². The Balaban J connectivity index is 2.15. The first kappa shape index (κ1) is 12.1. The van der Waals surface area contributed by atoms with Crippen LogP contribution in [0.15, 0.2) is 60.7 Å². The summed E-state index contributed by atoms with van der Waals surface area (Å²) in [5.41, 5.74) is 3.05. The molecule has 0 aromatic heterocycles. The summed E-state index contributed by atoms with van der Waals surface area (Å²) in [4.78, 5) is 10.5. The van der Waals surface area contributed by atoms with E-state index in [9.17, 15) is 4.79 Å². The Kier molecular flexibility index (Phi) is 3.92. The largest absolute Gasteiger partial charge is 0.478 e.